The van der Waals surface area contributed by atoms with Crippen molar-refractivity contribution in [3.05, 3.63) is 51.5 Å². The Morgan fingerprint density at radius 2 is 2.13 bits per heavy atom. The van der Waals surface area contributed by atoms with E-state index in [1.54, 1.807) is 11.3 Å². The number of benzene rings is 1. The van der Waals surface area contributed by atoms with Crippen molar-refractivity contribution in [2.75, 3.05) is 0 Å². The third-order valence-electron chi connectivity index (χ3n) is 2.42. The average Bonchev–Trinajstić information content (AvgIpc) is 2.74. The molecule has 0 saturated heterocycles. The second-order valence-electron chi connectivity index (χ2n) is 3.64. The summed E-state index contributed by atoms with van der Waals surface area (Å²) >= 11 is 7.97. The molecule has 15 heavy (non-hydrogen) atoms. The Kier molecular flexibility index (Phi) is 3.08. The van der Waals surface area contributed by atoms with E-state index < -0.39 is 0 Å². The Balaban J connectivity index is 2.41. The molecule has 0 saturated carbocycles. The molecule has 1 heterocycles. The minimum absolute atomic E-state index is 0.129. The Hall–Kier alpha value is -0.860. The lowest BCUT2D eigenvalue weighted by Crippen LogP contribution is -1.97. The third kappa shape index (κ3) is 2.21. The van der Waals surface area contributed by atoms with E-state index in [-0.39, 0.29) is 5.38 Å². The molecule has 0 N–H and O–H groups in total. The summed E-state index contributed by atoms with van der Waals surface area (Å²) in [6.45, 7) is 4.16. The number of aromatic nitrogens is 1. The van der Waals surface area contributed by atoms with Gasteiger partial charge < -0.3 is 0 Å². The molecule has 0 aliphatic heterocycles. The largest absolute Gasteiger partial charge is 0.248 e. The van der Waals surface area contributed by atoms with Gasteiger partial charge in [0.1, 0.15) is 5.38 Å². The Bertz CT molecular complexity index is 451. The summed E-state index contributed by atoms with van der Waals surface area (Å²) in [6.07, 6.45) is 0. The number of rotatable bonds is 2. The van der Waals surface area contributed by atoms with Gasteiger partial charge in [0.2, 0.25) is 0 Å². The lowest BCUT2D eigenvalue weighted by Gasteiger charge is -2.11. The van der Waals surface area contributed by atoms with E-state index in [9.17, 15) is 0 Å². The molecule has 2 rings (SSSR count). The van der Waals surface area contributed by atoms with E-state index in [0.29, 0.717) is 0 Å². The fraction of sp³-hybridized carbons (Fsp3) is 0.250. The summed E-state index contributed by atoms with van der Waals surface area (Å²) in [7, 11) is 0. The normalized spacial score (nSPS) is 12.7. The number of hydrogen-bond acceptors (Lipinski definition) is 2. The van der Waals surface area contributed by atoms with E-state index in [4.69, 9.17) is 11.6 Å². The first-order valence-electron chi connectivity index (χ1n) is 4.78. The van der Waals surface area contributed by atoms with Crippen LogP contribution in [-0.4, -0.2) is 4.98 Å². The number of alkyl halides is 1. The van der Waals surface area contributed by atoms with Crippen LogP contribution in [0.4, 0.5) is 0 Å². The van der Waals surface area contributed by atoms with Gasteiger partial charge in [0, 0.05) is 5.38 Å². The first-order valence-corrected chi connectivity index (χ1v) is 6.15. The first-order chi connectivity index (χ1) is 7.18. The minimum atomic E-state index is -0.129. The average molecular weight is 238 g/mol. The first kappa shape index (κ1) is 10.7. The predicted molar refractivity (Wildman–Crippen MR) is 65.7 cm³/mol. The van der Waals surface area contributed by atoms with Crippen molar-refractivity contribution in [1.82, 2.24) is 4.98 Å². The van der Waals surface area contributed by atoms with Gasteiger partial charge in [-0.2, -0.15) is 0 Å². The zero-order valence-corrected chi connectivity index (χ0v) is 10.3. The van der Waals surface area contributed by atoms with Gasteiger partial charge in [-0.25, -0.2) is 4.98 Å². The van der Waals surface area contributed by atoms with Crippen LogP contribution >= 0.6 is 22.9 Å². The SMILES string of the molecule is Cc1ccc(C)c(C(Cl)c2cscn2)c1. The Morgan fingerprint density at radius 1 is 1.33 bits per heavy atom. The van der Waals surface area contributed by atoms with Crippen molar-refractivity contribution in [3.8, 4) is 0 Å². The predicted octanol–water partition coefficient (Wildman–Crippen LogP) is 4.09. The quantitative estimate of drug-likeness (QED) is 0.717. The highest BCUT2D eigenvalue weighted by Gasteiger charge is 2.14. The van der Waals surface area contributed by atoms with Crippen molar-refractivity contribution >= 4 is 22.9 Å². The van der Waals surface area contributed by atoms with Crippen molar-refractivity contribution in [2.24, 2.45) is 0 Å². The summed E-state index contributed by atoms with van der Waals surface area (Å²) < 4.78 is 0. The van der Waals surface area contributed by atoms with E-state index in [1.807, 2.05) is 10.9 Å². The van der Waals surface area contributed by atoms with Crippen molar-refractivity contribution in [2.45, 2.75) is 19.2 Å². The van der Waals surface area contributed by atoms with Crippen LogP contribution in [0.2, 0.25) is 0 Å². The third-order valence-corrected chi connectivity index (χ3v) is 3.48. The maximum Gasteiger partial charge on any atom is 0.102 e. The van der Waals surface area contributed by atoms with Crippen LogP contribution in [0.3, 0.4) is 0 Å². The van der Waals surface area contributed by atoms with Gasteiger partial charge in [-0.3, -0.25) is 0 Å². The van der Waals surface area contributed by atoms with Crippen LogP contribution in [-0.2, 0) is 0 Å². The topological polar surface area (TPSA) is 12.9 Å². The van der Waals surface area contributed by atoms with Crippen LogP contribution in [0.15, 0.2) is 29.1 Å². The molecule has 0 fully saturated rings. The molecule has 1 aromatic heterocycles. The fourth-order valence-corrected chi connectivity index (χ4v) is 2.55. The molecule has 1 aromatic carbocycles. The molecule has 0 aliphatic rings. The molecule has 0 amide bonds. The van der Waals surface area contributed by atoms with Crippen molar-refractivity contribution < 1.29 is 0 Å². The molecule has 0 radical (unpaired) electrons. The lowest BCUT2D eigenvalue weighted by molar-refractivity contribution is 1.04. The molecule has 78 valence electrons. The summed E-state index contributed by atoms with van der Waals surface area (Å²) in [4.78, 5) is 4.25. The molecular weight excluding hydrogens is 226 g/mol. The molecule has 1 nitrogen and oxygen atoms in total. The monoisotopic (exact) mass is 237 g/mol. The van der Waals surface area contributed by atoms with E-state index >= 15 is 0 Å². The van der Waals surface area contributed by atoms with Crippen LogP contribution in [0, 0.1) is 13.8 Å². The summed E-state index contributed by atoms with van der Waals surface area (Å²) in [5, 5.41) is 1.87. The molecule has 0 spiro atoms. The smallest absolute Gasteiger partial charge is 0.102 e. The molecule has 0 aliphatic carbocycles. The number of halogens is 1. The van der Waals surface area contributed by atoms with E-state index in [2.05, 4.69) is 37.0 Å². The Labute approximate surface area is 98.7 Å². The number of aryl methyl sites for hydroxylation is 2. The summed E-state index contributed by atoms with van der Waals surface area (Å²) in [6, 6.07) is 6.34. The molecule has 1 atom stereocenters. The zero-order chi connectivity index (χ0) is 10.8. The zero-order valence-electron chi connectivity index (χ0n) is 8.70. The van der Waals surface area contributed by atoms with Gasteiger partial charge >= 0.3 is 0 Å². The number of hydrogen-bond donors (Lipinski definition) is 0. The van der Waals surface area contributed by atoms with Crippen LogP contribution in [0.25, 0.3) is 0 Å². The molecule has 2 aromatic rings. The maximum absolute atomic E-state index is 6.39. The molecule has 3 heteroatoms. The molecule has 0 bridgehead atoms. The standard InChI is InChI=1S/C12H12ClNS/c1-8-3-4-9(2)10(5-8)12(13)11-6-15-7-14-11/h3-7,12H,1-2H3. The number of thiazole rings is 1. The van der Waals surface area contributed by atoms with E-state index in [0.717, 1.165) is 11.3 Å². The second-order valence-corrected chi connectivity index (χ2v) is 4.79. The summed E-state index contributed by atoms with van der Waals surface area (Å²) in [5.41, 5.74) is 6.36. The number of nitrogens with zero attached hydrogens (tertiary/aromatic N) is 1. The molecular formula is C12H12ClNS. The van der Waals surface area contributed by atoms with Gasteiger partial charge in [0.15, 0.2) is 0 Å². The molecule has 1 unspecified atom stereocenters. The second kappa shape index (κ2) is 4.33. The fourth-order valence-electron chi connectivity index (χ4n) is 1.54. The van der Waals surface area contributed by atoms with Crippen molar-refractivity contribution in [3.63, 3.8) is 0 Å². The van der Waals surface area contributed by atoms with E-state index in [1.165, 1.54) is 11.1 Å². The van der Waals surface area contributed by atoms with Gasteiger partial charge in [-0.1, -0.05) is 23.8 Å². The van der Waals surface area contributed by atoms with Crippen molar-refractivity contribution in [1.29, 1.82) is 0 Å². The highest BCUT2D eigenvalue weighted by Crippen LogP contribution is 2.31. The summed E-state index contributed by atoms with van der Waals surface area (Å²) in [5.74, 6) is 0. The minimum Gasteiger partial charge on any atom is -0.248 e. The highest BCUT2D eigenvalue weighted by molar-refractivity contribution is 7.07. The van der Waals surface area contributed by atoms with Gasteiger partial charge in [-0.15, -0.1) is 22.9 Å². The van der Waals surface area contributed by atoms with Crippen LogP contribution in [0.1, 0.15) is 27.8 Å². The van der Waals surface area contributed by atoms with Crippen LogP contribution in [0.5, 0.6) is 0 Å². The van der Waals surface area contributed by atoms with Gasteiger partial charge in [0.25, 0.3) is 0 Å². The lowest BCUT2D eigenvalue weighted by atomic mass is 10.0. The van der Waals surface area contributed by atoms with Gasteiger partial charge in [0.05, 0.1) is 11.2 Å². The maximum atomic E-state index is 6.39. The van der Waals surface area contributed by atoms with Crippen LogP contribution < -0.4 is 0 Å². The van der Waals surface area contributed by atoms with Gasteiger partial charge in [-0.05, 0) is 25.0 Å². The highest BCUT2D eigenvalue weighted by atomic mass is 35.5. The Morgan fingerprint density at radius 3 is 2.80 bits per heavy atom.